The molecule has 0 spiro atoms. The molecule has 4 heteroatoms. The van der Waals surface area contributed by atoms with Crippen LogP contribution in [0, 0.1) is 12.8 Å². The molecule has 20 heavy (non-hydrogen) atoms. The standard InChI is InChI=1S/C16H22O3S/c1-11-9-13(3-4-15(11)20-2)14(16(17)18)10-12-5-7-19-8-6-12/h3-4,9,12,14H,5-8,10H2,1-2H3,(H,17,18). The predicted molar refractivity (Wildman–Crippen MR) is 81.5 cm³/mol. The van der Waals surface area contributed by atoms with Crippen molar-refractivity contribution in [1.29, 1.82) is 0 Å². The van der Waals surface area contributed by atoms with E-state index in [1.165, 1.54) is 4.90 Å². The predicted octanol–water partition coefficient (Wildman–Crippen LogP) is 3.70. The summed E-state index contributed by atoms with van der Waals surface area (Å²) in [6.07, 6.45) is 4.72. The number of aliphatic carboxylic acids is 1. The molecule has 1 fully saturated rings. The highest BCUT2D eigenvalue weighted by Crippen LogP contribution is 2.31. The number of thioether (sulfide) groups is 1. The zero-order chi connectivity index (χ0) is 14.5. The number of rotatable bonds is 5. The lowest BCUT2D eigenvalue weighted by Gasteiger charge is -2.25. The van der Waals surface area contributed by atoms with E-state index in [-0.39, 0.29) is 0 Å². The Morgan fingerprint density at radius 3 is 2.70 bits per heavy atom. The van der Waals surface area contributed by atoms with Gasteiger partial charge in [-0.1, -0.05) is 12.1 Å². The van der Waals surface area contributed by atoms with Crippen molar-refractivity contribution >= 4 is 17.7 Å². The van der Waals surface area contributed by atoms with Crippen molar-refractivity contribution in [2.75, 3.05) is 19.5 Å². The molecule has 3 nitrogen and oxygen atoms in total. The van der Waals surface area contributed by atoms with Crippen LogP contribution >= 0.6 is 11.8 Å². The lowest BCUT2D eigenvalue weighted by atomic mass is 9.85. The van der Waals surface area contributed by atoms with Crippen LogP contribution in [0.25, 0.3) is 0 Å². The minimum absolute atomic E-state index is 0.396. The quantitative estimate of drug-likeness (QED) is 0.841. The van der Waals surface area contributed by atoms with Gasteiger partial charge >= 0.3 is 5.97 Å². The fourth-order valence-electron chi connectivity index (χ4n) is 2.81. The first kappa shape index (κ1) is 15.4. The van der Waals surface area contributed by atoms with E-state index in [9.17, 15) is 9.90 Å². The third-order valence-electron chi connectivity index (χ3n) is 4.03. The van der Waals surface area contributed by atoms with Crippen molar-refractivity contribution in [3.8, 4) is 0 Å². The summed E-state index contributed by atoms with van der Waals surface area (Å²) in [4.78, 5) is 12.8. The van der Waals surface area contributed by atoms with E-state index in [0.717, 1.165) is 43.6 Å². The number of carbonyl (C=O) groups is 1. The summed E-state index contributed by atoms with van der Waals surface area (Å²) in [6, 6.07) is 6.04. The average Bonchev–Trinajstić information content (AvgIpc) is 2.45. The Morgan fingerprint density at radius 2 is 2.15 bits per heavy atom. The first-order valence-corrected chi connectivity index (χ1v) is 8.29. The minimum atomic E-state index is -0.715. The van der Waals surface area contributed by atoms with Crippen molar-refractivity contribution in [2.24, 2.45) is 5.92 Å². The van der Waals surface area contributed by atoms with E-state index < -0.39 is 11.9 Å². The van der Waals surface area contributed by atoms with E-state index in [1.54, 1.807) is 11.8 Å². The van der Waals surface area contributed by atoms with Gasteiger partial charge in [0.15, 0.2) is 0 Å². The summed E-state index contributed by atoms with van der Waals surface area (Å²) in [5, 5.41) is 9.54. The van der Waals surface area contributed by atoms with Crippen molar-refractivity contribution in [3.63, 3.8) is 0 Å². The maximum Gasteiger partial charge on any atom is 0.310 e. The molecule has 1 aromatic carbocycles. The number of hydrogen-bond acceptors (Lipinski definition) is 3. The second-order valence-corrected chi connectivity index (χ2v) is 6.26. The molecule has 1 N–H and O–H groups in total. The third-order valence-corrected chi connectivity index (χ3v) is 4.93. The van der Waals surface area contributed by atoms with Gasteiger partial charge in [-0.3, -0.25) is 4.79 Å². The Labute approximate surface area is 124 Å². The maximum atomic E-state index is 11.6. The minimum Gasteiger partial charge on any atom is -0.481 e. The number of hydrogen-bond donors (Lipinski definition) is 1. The Morgan fingerprint density at radius 1 is 1.45 bits per heavy atom. The van der Waals surface area contributed by atoms with E-state index in [2.05, 4.69) is 0 Å². The lowest BCUT2D eigenvalue weighted by Crippen LogP contribution is -2.21. The molecule has 0 aromatic heterocycles. The van der Waals surface area contributed by atoms with Crippen LogP contribution in [0.2, 0.25) is 0 Å². The van der Waals surface area contributed by atoms with Crippen molar-refractivity contribution < 1.29 is 14.6 Å². The van der Waals surface area contributed by atoms with Gasteiger partial charge in [0.05, 0.1) is 5.92 Å². The van der Waals surface area contributed by atoms with Gasteiger partial charge in [-0.25, -0.2) is 0 Å². The smallest absolute Gasteiger partial charge is 0.310 e. The Balaban J connectivity index is 2.15. The lowest BCUT2D eigenvalue weighted by molar-refractivity contribution is -0.139. The number of benzene rings is 1. The van der Waals surface area contributed by atoms with Gasteiger partial charge in [0.2, 0.25) is 0 Å². The van der Waals surface area contributed by atoms with Crippen LogP contribution in [0.1, 0.15) is 36.3 Å². The van der Waals surface area contributed by atoms with Crippen LogP contribution in [0.3, 0.4) is 0 Å². The van der Waals surface area contributed by atoms with Gasteiger partial charge in [-0.15, -0.1) is 11.8 Å². The van der Waals surface area contributed by atoms with Crippen LogP contribution in [0.5, 0.6) is 0 Å². The first-order chi connectivity index (χ1) is 9.61. The molecule has 0 saturated carbocycles. The van der Waals surface area contributed by atoms with Crippen LogP contribution in [-0.4, -0.2) is 30.5 Å². The molecule has 0 amide bonds. The van der Waals surface area contributed by atoms with Gasteiger partial charge in [0.1, 0.15) is 0 Å². The molecule has 0 radical (unpaired) electrons. The fraction of sp³-hybridized carbons (Fsp3) is 0.562. The molecular weight excluding hydrogens is 272 g/mol. The third kappa shape index (κ3) is 3.76. The molecule has 1 unspecified atom stereocenters. The molecule has 1 atom stereocenters. The van der Waals surface area contributed by atoms with Gasteiger partial charge in [0, 0.05) is 18.1 Å². The molecule has 0 bridgehead atoms. The summed E-state index contributed by atoms with van der Waals surface area (Å²) < 4.78 is 5.35. The molecule has 1 saturated heterocycles. The van der Waals surface area contributed by atoms with Crippen molar-refractivity contribution in [1.82, 2.24) is 0 Å². The zero-order valence-corrected chi connectivity index (χ0v) is 12.9. The molecule has 1 aliphatic rings. The number of aryl methyl sites for hydroxylation is 1. The molecule has 2 rings (SSSR count). The molecule has 110 valence electrons. The largest absolute Gasteiger partial charge is 0.481 e. The Kier molecular flexibility index (Phi) is 5.49. The van der Waals surface area contributed by atoms with E-state index in [1.807, 2.05) is 31.4 Å². The second kappa shape index (κ2) is 7.14. The molecule has 1 aliphatic heterocycles. The normalized spacial score (nSPS) is 17.9. The number of carboxylic acid groups (broad SMARTS) is 1. The van der Waals surface area contributed by atoms with E-state index in [4.69, 9.17) is 4.74 Å². The monoisotopic (exact) mass is 294 g/mol. The zero-order valence-electron chi connectivity index (χ0n) is 12.1. The van der Waals surface area contributed by atoms with Crippen molar-refractivity contribution in [2.45, 2.75) is 37.0 Å². The van der Waals surface area contributed by atoms with Gasteiger partial charge in [-0.2, -0.15) is 0 Å². The second-order valence-electron chi connectivity index (χ2n) is 5.41. The van der Waals surface area contributed by atoms with E-state index in [0.29, 0.717) is 5.92 Å². The number of carboxylic acids is 1. The SMILES string of the molecule is CSc1ccc(C(CC2CCOCC2)C(=O)O)cc1C. The van der Waals surface area contributed by atoms with Crippen LogP contribution < -0.4 is 0 Å². The van der Waals surface area contributed by atoms with Crippen LogP contribution in [0.15, 0.2) is 23.1 Å². The van der Waals surface area contributed by atoms with Gasteiger partial charge < -0.3 is 9.84 Å². The topological polar surface area (TPSA) is 46.5 Å². The Hall–Kier alpha value is -1.00. The first-order valence-electron chi connectivity index (χ1n) is 7.07. The molecule has 1 aromatic rings. The maximum absolute atomic E-state index is 11.6. The average molecular weight is 294 g/mol. The fourth-order valence-corrected chi connectivity index (χ4v) is 3.40. The molecule has 1 heterocycles. The highest BCUT2D eigenvalue weighted by molar-refractivity contribution is 7.98. The van der Waals surface area contributed by atoms with Gasteiger partial charge in [-0.05, 0) is 55.6 Å². The Bertz CT molecular complexity index is 467. The molecular formula is C16H22O3S. The van der Waals surface area contributed by atoms with Gasteiger partial charge in [0.25, 0.3) is 0 Å². The summed E-state index contributed by atoms with van der Waals surface area (Å²) in [7, 11) is 0. The summed E-state index contributed by atoms with van der Waals surface area (Å²) in [6.45, 7) is 3.57. The summed E-state index contributed by atoms with van der Waals surface area (Å²) in [5.41, 5.74) is 2.09. The van der Waals surface area contributed by atoms with Crippen LogP contribution in [0.4, 0.5) is 0 Å². The highest BCUT2D eigenvalue weighted by atomic mass is 32.2. The summed E-state index contributed by atoms with van der Waals surface area (Å²) in [5.74, 6) is -0.647. The van der Waals surface area contributed by atoms with Crippen molar-refractivity contribution in [3.05, 3.63) is 29.3 Å². The number of ether oxygens (including phenoxy) is 1. The summed E-state index contributed by atoms with van der Waals surface area (Å²) >= 11 is 1.70. The highest BCUT2D eigenvalue weighted by Gasteiger charge is 2.26. The van der Waals surface area contributed by atoms with Crippen LogP contribution in [-0.2, 0) is 9.53 Å². The van der Waals surface area contributed by atoms with E-state index >= 15 is 0 Å². The molecule has 0 aliphatic carbocycles.